The van der Waals surface area contributed by atoms with Crippen LogP contribution in [-0.4, -0.2) is 47.8 Å². The average Bonchev–Trinajstić information content (AvgIpc) is 2.76. The monoisotopic (exact) mass is 261 g/mol. The Morgan fingerprint density at radius 3 is 2.82 bits per heavy atom. The smallest absolute Gasteiger partial charge is 0.377 e. The normalized spacial score (nSPS) is 11.4. The maximum absolute atomic E-state index is 11.2. The van der Waals surface area contributed by atoms with Gasteiger partial charge in [0.05, 0.1) is 12.9 Å². The second-order valence-electron chi connectivity index (χ2n) is 3.41. The summed E-state index contributed by atoms with van der Waals surface area (Å²) in [4.78, 5) is 14.8. The van der Waals surface area contributed by atoms with Gasteiger partial charge in [0.15, 0.2) is 0 Å². The highest BCUT2D eigenvalue weighted by Crippen LogP contribution is 1.98. The van der Waals surface area contributed by atoms with Crippen LogP contribution in [0.25, 0.3) is 0 Å². The van der Waals surface area contributed by atoms with E-state index in [1.165, 1.54) is 18.1 Å². The maximum Gasteiger partial charge on any atom is 0.377 e. The van der Waals surface area contributed by atoms with Gasteiger partial charge in [0, 0.05) is 12.3 Å². The zero-order valence-corrected chi connectivity index (χ0v) is 10.6. The maximum atomic E-state index is 11.2. The molecule has 0 saturated carbocycles. The molecular weight excluding hydrogens is 246 g/mol. The predicted octanol–water partition coefficient (Wildman–Crippen LogP) is -0.111. The molecule has 7 nitrogen and oxygen atoms in total. The fourth-order valence-corrected chi connectivity index (χ4v) is 2.04. The second kappa shape index (κ2) is 5.76. The third-order valence-corrected chi connectivity index (χ3v) is 3.98. The Bertz CT molecular complexity index is 480. The van der Waals surface area contributed by atoms with Gasteiger partial charge >= 0.3 is 5.97 Å². The first-order valence-electron chi connectivity index (χ1n) is 5.16. The van der Waals surface area contributed by atoms with E-state index in [-0.39, 0.29) is 17.3 Å². The number of ether oxygens (including phenoxy) is 1. The number of nitrogens with zero attached hydrogens (tertiary/aromatic N) is 3. The van der Waals surface area contributed by atoms with Crippen molar-refractivity contribution in [2.45, 2.75) is 19.9 Å². The number of methoxy groups -OCH3 is 1. The van der Waals surface area contributed by atoms with Gasteiger partial charge in [0.25, 0.3) is 5.82 Å². The molecule has 8 heteroatoms. The van der Waals surface area contributed by atoms with Gasteiger partial charge in [-0.25, -0.2) is 18.2 Å². The summed E-state index contributed by atoms with van der Waals surface area (Å²) in [6.07, 6.45) is 1.82. The van der Waals surface area contributed by atoms with E-state index in [1.54, 1.807) is 6.92 Å². The van der Waals surface area contributed by atoms with Crippen molar-refractivity contribution in [3.05, 3.63) is 12.2 Å². The number of rotatable bonds is 6. The molecule has 0 aliphatic heterocycles. The van der Waals surface area contributed by atoms with Crippen molar-refractivity contribution in [1.29, 1.82) is 0 Å². The van der Waals surface area contributed by atoms with Crippen LogP contribution >= 0.6 is 0 Å². The molecule has 0 atom stereocenters. The van der Waals surface area contributed by atoms with E-state index in [0.29, 0.717) is 13.0 Å². The minimum atomic E-state index is -2.96. The second-order valence-corrected chi connectivity index (χ2v) is 5.89. The molecule has 1 rings (SSSR count). The topological polar surface area (TPSA) is 91.2 Å². The first-order chi connectivity index (χ1) is 7.98. The molecule has 1 heterocycles. The van der Waals surface area contributed by atoms with Gasteiger partial charge in [-0.2, -0.15) is 0 Å². The molecule has 0 aliphatic carbocycles. The third kappa shape index (κ3) is 4.14. The molecule has 0 amide bonds. The van der Waals surface area contributed by atoms with Crippen LogP contribution in [0.4, 0.5) is 0 Å². The summed E-state index contributed by atoms with van der Waals surface area (Å²) in [5.41, 5.74) is 0. The van der Waals surface area contributed by atoms with Gasteiger partial charge in [-0.05, 0) is 6.42 Å². The fraction of sp³-hybridized carbons (Fsp3) is 0.667. The molecule has 1 aromatic rings. The van der Waals surface area contributed by atoms with Crippen molar-refractivity contribution in [2.24, 2.45) is 0 Å². The minimum Gasteiger partial charge on any atom is -0.463 e. The Kier molecular flexibility index (Phi) is 4.62. The van der Waals surface area contributed by atoms with Gasteiger partial charge in [-0.3, -0.25) is 4.68 Å². The van der Waals surface area contributed by atoms with Gasteiger partial charge in [-0.15, -0.1) is 5.10 Å². The summed E-state index contributed by atoms with van der Waals surface area (Å²) >= 11 is 0. The summed E-state index contributed by atoms with van der Waals surface area (Å²) in [6.45, 7) is 2.02. The Labute approximate surface area is 99.7 Å². The molecule has 0 unspecified atom stereocenters. The first-order valence-corrected chi connectivity index (χ1v) is 6.99. The van der Waals surface area contributed by atoms with Crippen LogP contribution in [0.1, 0.15) is 24.0 Å². The highest BCUT2D eigenvalue weighted by atomic mass is 32.2. The molecule has 0 aromatic carbocycles. The Balaban J connectivity index is 2.48. The van der Waals surface area contributed by atoms with Crippen LogP contribution in [0.15, 0.2) is 6.33 Å². The zero-order chi connectivity index (χ0) is 12.9. The molecule has 96 valence electrons. The van der Waals surface area contributed by atoms with Crippen molar-refractivity contribution >= 4 is 15.8 Å². The lowest BCUT2D eigenvalue weighted by Gasteiger charge is -2.01. The number of carbonyl (C=O) groups is 1. The number of sulfone groups is 1. The molecule has 0 bridgehead atoms. The lowest BCUT2D eigenvalue weighted by Crippen LogP contribution is -2.12. The lowest BCUT2D eigenvalue weighted by molar-refractivity contribution is 0.0586. The van der Waals surface area contributed by atoms with Crippen LogP contribution in [0.3, 0.4) is 0 Å². The van der Waals surface area contributed by atoms with Crippen molar-refractivity contribution in [3.63, 3.8) is 0 Å². The summed E-state index contributed by atoms with van der Waals surface area (Å²) in [6, 6.07) is 0. The van der Waals surface area contributed by atoms with Gasteiger partial charge in [0.2, 0.25) is 0 Å². The predicted molar refractivity (Wildman–Crippen MR) is 60.3 cm³/mol. The van der Waals surface area contributed by atoms with Crippen LogP contribution in [-0.2, 0) is 21.1 Å². The quantitative estimate of drug-likeness (QED) is 0.663. The van der Waals surface area contributed by atoms with Gasteiger partial charge in [-0.1, -0.05) is 6.92 Å². The Morgan fingerprint density at radius 1 is 1.53 bits per heavy atom. The summed E-state index contributed by atoms with van der Waals surface area (Å²) in [5.74, 6) is -0.384. The standard InChI is InChI=1S/C9H15N3O4S/c1-3-17(14,15)6-4-5-12-7-10-8(11-12)9(13)16-2/h7H,3-6H2,1-2H3. The number of hydrogen-bond acceptors (Lipinski definition) is 6. The molecule has 1 aromatic heterocycles. The molecule has 0 N–H and O–H groups in total. The van der Waals surface area contributed by atoms with Crippen molar-refractivity contribution in [2.75, 3.05) is 18.6 Å². The molecule has 17 heavy (non-hydrogen) atoms. The number of aromatic nitrogens is 3. The van der Waals surface area contributed by atoms with E-state index in [9.17, 15) is 13.2 Å². The largest absolute Gasteiger partial charge is 0.463 e. The molecule has 0 fully saturated rings. The summed E-state index contributed by atoms with van der Waals surface area (Å²) in [7, 11) is -1.71. The van der Waals surface area contributed by atoms with Gasteiger partial charge < -0.3 is 4.74 Å². The van der Waals surface area contributed by atoms with E-state index in [1.807, 2.05) is 0 Å². The molecule has 0 aliphatic rings. The highest BCUT2D eigenvalue weighted by molar-refractivity contribution is 7.91. The van der Waals surface area contributed by atoms with E-state index in [4.69, 9.17) is 0 Å². The Morgan fingerprint density at radius 2 is 2.24 bits per heavy atom. The van der Waals surface area contributed by atoms with Crippen molar-refractivity contribution < 1.29 is 17.9 Å². The SMILES string of the molecule is CCS(=O)(=O)CCCn1cnc(C(=O)OC)n1. The first kappa shape index (κ1) is 13.6. The van der Waals surface area contributed by atoms with E-state index in [0.717, 1.165) is 0 Å². The van der Waals surface area contributed by atoms with Crippen molar-refractivity contribution in [1.82, 2.24) is 14.8 Å². The van der Waals surface area contributed by atoms with Crippen LogP contribution in [0, 0.1) is 0 Å². The number of esters is 1. The van der Waals surface area contributed by atoms with Crippen LogP contribution in [0.2, 0.25) is 0 Å². The lowest BCUT2D eigenvalue weighted by atomic mass is 10.5. The minimum absolute atomic E-state index is 0.0224. The van der Waals surface area contributed by atoms with Crippen LogP contribution < -0.4 is 0 Å². The molecule has 0 spiro atoms. The molecule has 0 saturated heterocycles. The molecular formula is C9H15N3O4S. The zero-order valence-electron chi connectivity index (χ0n) is 9.79. The average molecular weight is 261 g/mol. The van der Waals surface area contributed by atoms with E-state index < -0.39 is 15.8 Å². The Hall–Kier alpha value is -1.44. The summed E-state index contributed by atoms with van der Waals surface area (Å²) < 4.78 is 28.3. The van der Waals surface area contributed by atoms with E-state index in [2.05, 4.69) is 14.8 Å². The van der Waals surface area contributed by atoms with Crippen molar-refractivity contribution in [3.8, 4) is 0 Å². The van der Waals surface area contributed by atoms with Crippen LogP contribution in [0.5, 0.6) is 0 Å². The molecule has 0 radical (unpaired) electrons. The summed E-state index contributed by atoms with van der Waals surface area (Å²) in [5, 5.41) is 3.86. The number of aryl methyl sites for hydroxylation is 1. The van der Waals surface area contributed by atoms with Gasteiger partial charge in [0.1, 0.15) is 16.2 Å². The van der Waals surface area contributed by atoms with E-state index >= 15 is 0 Å². The highest BCUT2D eigenvalue weighted by Gasteiger charge is 2.12. The number of hydrogen-bond donors (Lipinski definition) is 0. The third-order valence-electron chi connectivity index (χ3n) is 2.19. The fourth-order valence-electron chi connectivity index (χ4n) is 1.18. The number of carbonyl (C=O) groups excluding carboxylic acids is 1.